The molecule has 18 atom stereocenters. The molecule has 2 aromatic rings. The first kappa shape index (κ1) is 63.4. The topological polar surface area (TPSA) is 259 Å². The third-order valence-corrected chi connectivity index (χ3v) is 17.4. The van der Waals surface area contributed by atoms with Crippen LogP contribution in [-0.4, -0.2) is 199 Å². The van der Waals surface area contributed by atoms with Gasteiger partial charge in [-0.25, -0.2) is 9.59 Å². The van der Waals surface area contributed by atoms with E-state index in [2.05, 4.69) is 0 Å². The zero-order valence-corrected chi connectivity index (χ0v) is 49.6. The zero-order chi connectivity index (χ0) is 58.9. The molecule has 22 nitrogen and oxygen atoms in total. The van der Waals surface area contributed by atoms with Gasteiger partial charge in [0.2, 0.25) is 5.43 Å². The van der Waals surface area contributed by atoms with E-state index in [1.165, 1.54) is 19.4 Å². The van der Waals surface area contributed by atoms with E-state index >= 15 is 0 Å². The Hall–Kier alpha value is -4.20. The maximum atomic E-state index is 14.8. The molecule has 0 spiro atoms. The third-order valence-electron chi connectivity index (χ3n) is 17.1. The lowest BCUT2D eigenvalue weighted by Gasteiger charge is -2.49. The van der Waals surface area contributed by atoms with Crippen molar-refractivity contribution in [1.82, 2.24) is 14.4 Å². The first-order chi connectivity index (χ1) is 37.5. The summed E-state index contributed by atoms with van der Waals surface area (Å²) < 4.78 is 70.2. The van der Waals surface area contributed by atoms with Gasteiger partial charge in [0.1, 0.15) is 35.7 Å². The second-order valence-corrected chi connectivity index (χ2v) is 24.3. The van der Waals surface area contributed by atoms with Crippen LogP contribution in [0, 0.1) is 17.8 Å². The summed E-state index contributed by atoms with van der Waals surface area (Å²) >= 11 is 6.56. The predicted octanol–water partition coefficient (Wildman–Crippen LogP) is 6.12. The van der Waals surface area contributed by atoms with Gasteiger partial charge in [-0.15, -0.1) is 0 Å². The van der Waals surface area contributed by atoms with Gasteiger partial charge in [0.25, 0.3) is 0 Å². The molecular formula is C57H86ClN3O19. The number of esters is 2. The van der Waals surface area contributed by atoms with Crippen LogP contribution in [0.5, 0.6) is 5.75 Å². The standard InChI is InChI=1S/C57H86ClN3O19/c1-15-42-57(10)49(79-54(68)80-57)33(6)60(13)27-29(2)25-55(8,69)48(78-53-46(64)40(59(11)12)22-30(3)73-53)31(4)47(32(5)52(67)75-42)77-44-26-56(9,70-14)50(34(7)74-44)76-43(62)18-19-71-20-21-72-41-23-36-39(24-38(41)58)61(35-16-17-35)28-37(45(36)63)51(65)66/h23-24,28-35,40,42,44,46-50,53,64,69H,15-22,25-27H2,1-14H3,(H,65,66)/t29-,30-,31+,32-,33-,34+,40+,42-,44+,46-,47+,48-,49-,50+,53+,55-,56-,57+/m1/s1. The van der Waals surface area contributed by atoms with Crippen LogP contribution >= 0.6 is 11.6 Å². The van der Waals surface area contributed by atoms with Gasteiger partial charge >= 0.3 is 24.1 Å². The van der Waals surface area contributed by atoms with Crippen molar-refractivity contribution in [1.29, 1.82) is 0 Å². The first-order valence-corrected chi connectivity index (χ1v) is 28.5. The maximum Gasteiger partial charge on any atom is 0.509 e. The third kappa shape index (κ3) is 13.9. The summed E-state index contributed by atoms with van der Waals surface area (Å²) in [6, 6.07) is 2.37. The predicted molar refractivity (Wildman–Crippen MR) is 291 cm³/mol. The van der Waals surface area contributed by atoms with Crippen molar-refractivity contribution >= 4 is 46.6 Å². The van der Waals surface area contributed by atoms with Crippen molar-refractivity contribution in [2.45, 2.75) is 211 Å². The fraction of sp³-hybridized carbons (Fsp3) is 0.772. The van der Waals surface area contributed by atoms with Crippen molar-refractivity contribution in [3.8, 4) is 5.75 Å². The van der Waals surface area contributed by atoms with Crippen LogP contribution < -0.4 is 10.2 Å². The number of cyclic esters (lactones) is 1. The lowest BCUT2D eigenvalue weighted by molar-refractivity contribution is -0.318. The number of benzene rings is 1. The van der Waals surface area contributed by atoms with Crippen molar-refractivity contribution in [2.24, 2.45) is 17.8 Å². The van der Waals surface area contributed by atoms with E-state index in [0.29, 0.717) is 18.5 Å². The van der Waals surface area contributed by atoms with Gasteiger partial charge in [-0.1, -0.05) is 32.4 Å². The molecule has 0 amide bonds. The van der Waals surface area contributed by atoms with Crippen LogP contribution in [0.25, 0.3) is 10.9 Å². The van der Waals surface area contributed by atoms with Crippen molar-refractivity contribution < 1.29 is 86.6 Å². The number of aromatic carboxylic acids is 1. The number of aliphatic hydroxyl groups excluding tert-OH is 1. The number of aliphatic hydroxyl groups is 2. The number of carbonyl (C=O) groups excluding carboxylic acids is 3. The highest BCUT2D eigenvalue weighted by atomic mass is 35.5. The Morgan fingerprint density at radius 3 is 2.27 bits per heavy atom. The lowest BCUT2D eigenvalue weighted by Crippen LogP contribution is -2.61. The number of carbonyl (C=O) groups is 4. The summed E-state index contributed by atoms with van der Waals surface area (Å²) in [5, 5.41) is 34.8. The van der Waals surface area contributed by atoms with Crippen LogP contribution in [0.4, 0.5) is 4.79 Å². The number of pyridine rings is 1. The number of nitrogens with zero attached hydrogens (tertiary/aromatic N) is 3. The minimum absolute atomic E-state index is 0.00143. The molecule has 0 unspecified atom stereocenters. The van der Waals surface area contributed by atoms with Crippen molar-refractivity contribution in [3.63, 3.8) is 0 Å². The second kappa shape index (κ2) is 25.7. The monoisotopic (exact) mass is 1150 g/mol. The Labute approximate surface area is 473 Å². The minimum Gasteiger partial charge on any atom is -0.490 e. The van der Waals surface area contributed by atoms with Crippen LogP contribution in [0.2, 0.25) is 5.02 Å². The number of halogens is 1. The van der Waals surface area contributed by atoms with E-state index < -0.39 is 119 Å². The molecule has 1 aromatic carbocycles. The van der Waals surface area contributed by atoms with Gasteiger partial charge in [0.05, 0.1) is 71.5 Å². The van der Waals surface area contributed by atoms with Gasteiger partial charge in [-0.2, -0.15) is 0 Å². The SMILES string of the molecule is CC[C@H]1OC(=O)[C@H](C)[C@@H](O[C@H]2C[C@@](C)(OC)[C@@H](OC(=O)CCOCCOc3cc4c(=O)c(C(=O)O)cn(C5CC5)c4cc3Cl)[C@H](C)O2)[C@H](C)[C@@H](O[C@@H]2O[C@H](C)C[C@H](N(C)C)[C@H]2O)[C@](C)(O)C[C@@H](C)CN(C)[C@H](C)[C@H]2OC(=O)O[C@]21C. The van der Waals surface area contributed by atoms with Gasteiger partial charge in [0.15, 0.2) is 30.4 Å². The number of carboxylic acids is 1. The van der Waals surface area contributed by atoms with Gasteiger partial charge in [0, 0.05) is 50.3 Å². The highest BCUT2D eigenvalue weighted by molar-refractivity contribution is 6.32. The Morgan fingerprint density at radius 1 is 0.938 bits per heavy atom. The number of aromatic nitrogens is 1. The number of rotatable bonds is 17. The first-order valence-electron chi connectivity index (χ1n) is 28.1. The summed E-state index contributed by atoms with van der Waals surface area (Å²) in [5.41, 5.74) is -4.69. The Kier molecular flexibility index (Phi) is 20.4. The quantitative estimate of drug-likeness (QED) is 0.0915. The van der Waals surface area contributed by atoms with Crippen molar-refractivity contribution in [3.05, 3.63) is 39.1 Å². The molecule has 1 aromatic heterocycles. The molecule has 1 aliphatic carbocycles. The highest BCUT2D eigenvalue weighted by Gasteiger charge is 2.59. The highest BCUT2D eigenvalue weighted by Crippen LogP contribution is 2.43. The summed E-state index contributed by atoms with van der Waals surface area (Å²) in [6.07, 6.45) is -6.46. The number of methoxy groups -OCH3 is 1. The van der Waals surface area contributed by atoms with E-state index in [-0.39, 0.29) is 91.3 Å². The lowest BCUT2D eigenvalue weighted by atomic mass is 9.77. The van der Waals surface area contributed by atoms with E-state index in [4.69, 9.17) is 63.7 Å². The van der Waals surface area contributed by atoms with Gasteiger partial charge < -0.3 is 76.9 Å². The molecule has 3 N–H and O–H groups in total. The molecule has 0 bridgehead atoms. The summed E-state index contributed by atoms with van der Waals surface area (Å²) in [6.45, 7) is 18.4. The molecule has 1 saturated carbocycles. The molecular weight excluding hydrogens is 1070 g/mol. The van der Waals surface area contributed by atoms with Crippen LogP contribution in [0.1, 0.15) is 131 Å². The Morgan fingerprint density at radius 2 is 1.64 bits per heavy atom. The molecule has 5 aliphatic rings. The molecule has 0 radical (unpaired) electrons. The molecule has 7 rings (SSSR count). The van der Waals surface area contributed by atoms with E-state index in [1.807, 2.05) is 58.6 Å². The average Bonchev–Trinajstić information content (AvgIpc) is 4.35. The molecule has 4 aliphatic heterocycles. The van der Waals surface area contributed by atoms with E-state index in [9.17, 15) is 39.3 Å². The molecule has 80 heavy (non-hydrogen) atoms. The number of carboxylic acid groups (broad SMARTS) is 1. The van der Waals surface area contributed by atoms with Crippen molar-refractivity contribution in [2.75, 3.05) is 54.6 Å². The summed E-state index contributed by atoms with van der Waals surface area (Å²) in [7, 11) is 7.12. The average molecular weight is 1150 g/mol. The number of fused-ring (bicyclic) bond motifs is 2. The smallest absolute Gasteiger partial charge is 0.490 e. The Bertz CT molecular complexity index is 2580. The zero-order valence-electron chi connectivity index (χ0n) is 48.8. The molecule has 5 heterocycles. The van der Waals surface area contributed by atoms with Gasteiger partial charge in [-0.05, 0) is 120 Å². The van der Waals surface area contributed by atoms with E-state index in [1.54, 1.807) is 52.2 Å². The minimum atomic E-state index is -1.64. The molecule has 23 heteroatoms. The number of hydrogen-bond donors (Lipinski definition) is 3. The molecule has 5 fully saturated rings. The normalized spacial score (nSPS) is 37.7. The summed E-state index contributed by atoms with van der Waals surface area (Å²) in [4.78, 5) is 70.2. The van der Waals surface area contributed by atoms with Crippen LogP contribution in [0.3, 0.4) is 0 Å². The number of hydrogen-bond acceptors (Lipinski definition) is 20. The summed E-state index contributed by atoms with van der Waals surface area (Å²) in [5.74, 6) is -4.57. The van der Waals surface area contributed by atoms with E-state index in [0.717, 1.165) is 12.8 Å². The van der Waals surface area contributed by atoms with Crippen LogP contribution in [-0.2, 0) is 57.0 Å². The number of likely N-dealkylation sites (N-methyl/N-ethyl adjacent to an activating group) is 2. The fourth-order valence-corrected chi connectivity index (χ4v) is 12.7. The van der Waals surface area contributed by atoms with Gasteiger partial charge in [-0.3, -0.25) is 19.3 Å². The largest absolute Gasteiger partial charge is 0.509 e. The molecule has 450 valence electrons. The fourth-order valence-electron chi connectivity index (χ4n) is 12.5. The number of ether oxygens (including phenoxy) is 11. The second-order valence-electron chi connectivity index (χ2n) is 23.9. The molecule has 4 saturated heterocycles. The maximum absolute atomic E-state index is 14.8. The Balaban J connectivity index is 1.07. The van der Waals surface area contributed by atoms with Crippen LogP contribution in [0.15, 0.2) is 23.1 Å².